The average molecular weight is 239 g/mol. The lowest BCUT2D eigenvalue weighted by molar-refractivity contribution is 0.0960. The highest BCUT2D eigenvalue weighted by Crippen LogP contribution is 2.09. The Kier molecular flexibility index (Phi) is 6.97. The molecule has 1 aromatic rings. The summed E-state index contributed by atoms with van der Waals surface area (Å²) in [6, 6.07) is 4.02. The first-order valence-corrected chi connectivity index (χ1v) is 6.58. The zero-order valence-electron chi connectivity index (χ0n) is 11.3. The van der Waals surface area contributed by atoms with Gasteiger partial charge in [0.15, 0.2) is 0 Å². The van der Waals surface area contributed by atoms with Crippen LogP contribution in [0.1, 0.15) is 45.1 Å². The fourth-order valence-corrected chi connectivity index (χ4v) is 1.48. The molecule has 3 heteroatoms. The van der Waals surface area contributed by atoms with Gasteiger partial charge >= 0.3 is 0 Å². The number of hydrogen-bond acceptors (Lipinski definition) is 3. The van der Waals surface area contributed by atoms with Crippen molar-refractivity contribution in [2.45, 2.75) is 46.8 Å². The van der Waals surface area contributed by atoms with Gasteiger partial charge in [-0.25, -0.2) is 0 Å². The monoisotopic (exact) mass is 239 g/mol. The Morgan fingerprint density at radius 3 is 2.76 bits per heavy atom. The molecule has 1 N–H and O–H groups in total. The Hall–Kier alpha value is -0.800. The first-order chi connectivity index (χ1) is 8.22. The number of hydrogen-bond donors (Lipinski definition) is 1. The van der Waals surface area contributed by atoms with Crippen molar-refractivity contribution in [3.05, 3.63) is 23.7 Å². The minimum atomic E-state index is 0.584. The molecule has 0 aliphatic rings. The molecular formula is C14H25NO2. The van der Waals surface area contributed by atoms with Crippen molar-refractivity contribution >= 4 is 0 Å². The van der Waals surface area contributed by atoms with Crippen LogP contribution >= 0.6 is 0 Å². The third-order valence-electron chi connectivity index (χ3n) is 2.53. The SMILES string of the molecule is CCCNCc1ccc(COCCC(C)C)o1. The highest BCUT2D eigenvalue weighted by Gasteiger charge is 2.02. The molecule has 0 radical (unpaired) electrons. The topological polar surface area (TPSA) is 34.4 Å². The Morgan fingerprint density at radius 2 is 2.06 bits per heavy atom. The Balaban J connectivity index is 2.16. The van der Waals surface area contributed by atoms with Crippen LogP contribution < -0.4 is 5.32 Å². The van der Waals surface area contributed by atoms with E-state index in [1.807, 2.05) is 12.1 Å². The van der Waals surface area contributed by atoms with Gasteiger partial charge in [-0.05, 0) is 37.4 Å². The van der Waals surface area contributed by atoms with E-state index in [9.17, 15) is 0 Å². The molecule has 0 fully saturated rings. The van der Waals surface area contributed by atoms with Gasteiger partial charge in [0.1, 0.15) is 18.1 Å². The highest BCUT2D eigenvalue weighted by molar-refractivity contribution is 5.06. The number of nitrogens with one attached hydrogen (secondary N) is 1. The van der Waals surface area contributed by atoms with Crippen LogP contribution in [0, 0.1) is 5.92 Å². The molecule has 0 unspecified atom stereocenters. The van der Waals surface area contributed by atoms with Crippen LogP contribution in [0.4, 0.5) is 0 Å². The van der Waals surface area contributed by atoms with Gasteiger partial charge in [0, 0.05) is 6.61 Å². The molecule has 1 heterocycles. The molecule has 98 valence electrons. The van der Waals surface area contributed by atoms with E-state index in [0.717, 1.165) is 44.1 Å². The first kappa shape index (κ1) is 14.3. The second kappa shape index (κ2) is 8.31. The van der Waals surface area contributed by atoms with E-state index >= 15 is 0 Å². The van der Waals surface area contributed by atoms with E-state index < -0.39 is 0 Å². The van der Waals surface area contributed by atoms with E-state index in [0.29, 0.717) is 12.5 Å². The quantitative estimate of drug-likeness (QED) is 0.671. The molecule has 1 aromatic heterocycles. The maximum Gasteiger partial charge on any atom is 0.129 e. The van der Waals surface area contributed by atoms with Gasteiger partial charge in [-0.3, -0.25) is 0 Å². The predicted octanol–water partition coefficient (Wildman–Crippen LogP) is 3.34. The van der Waals surface area contributed by atoms with Crippen LogP contribution in [0.3, 0.4) is 0 Å². The van der Waals surface area contributed by atoms with E-state index in [4.69, 9.17) is 9.15 Å². The molecular weight excluding hydrogens is 214 g/mol. The molecule has 0 saturated heterocycles. The molecule has 0 aliphatic carbocycles. The number of ether oxygens (including phenoxy) is 1. The van der Waals surface area contributed by atoms with Crippen LogP contribution in [0.25, 0.3) is 0 Å². The van der Waals surface area contributed by atoms with E-state index in [1.54, 1.807) is 0 Å². The largest absolute Gasteiger partial charge is 0.462 e. The molecule has 0 saturated carbocycles. The van der Waals surface area contributed by atoms with Crippen LogP contribution in [0.2, 0.25) is 0 Å². The minimum absolute atomic E-state index is 0.584. The summed E-state index contributed by atoms with van der Waals surface area (Å²) in [7, 11) is 0. The summed E-state index contributed by atoms with van der Waals surface area (Å²) in [5.74, 6) is 2.60. The zero-order valence-corrected chi connectivity index (χ0v) is 11.3. The molecule has 0 aliphatic heterocycles. The molecule has 0 amide bonds. The Bertz CT molecular complexity index is 294. The lowest BCUT2D eigenvalue weighted by Crippen LogP contribution is -2.13. The van der Waals surface area contributed by atoms with E-state index in [-0.39, 0.29) is 0 Å². The highest BCUT2D eigenvalue weighted by atomic mass is 16.5. The van der Waals surface area contributed by atoms with E-state index in [2.05, 4.69) is 26.1 Å². The molecule has 0 bridgehead atoms. The first-order valence-electron chi connectivity index (χ1n) is 6.58. The standard InChI is InChI=1S/C14H25NO2/c1-4-8-15-10-13-5-6-14(17-13)11-16-9-7-12(2)3/h5-6,12,15H,4,7-11H2,1-3H3. The molecule has 17 heavy (non-hydrogen) atoms. The second-order valence-corrected chi connectivity index (χ2v) is 4.78. The van der Waals surface area contributed by atoms with Gasteiger partial charge in [-0.1, -0.05) is 20.8 Å². The van der Waals surface area contributed by atoms with Crippen molar-refractivity contribution in [3.63, 3.8) is 0 Å². The van der Waals surface area contributed by atoms with Gasteiger partial charge in [0.2, 0.25) is 0 Å². The fraction of sp³-hybridized carbons (Fsp3) is 0.714. The predicted molar refractivity (Wildman–Crippen MR) is 69.8 cm³/mol. The van der Waals surface area contributed by atoms with Crippen molar-refractivity contribution in [1.82, 2.24) is 5.32 Å². The van der Waals surface area contributed by atoms with Gasteiger partial charge in [-0.2, -0.15) is 0 Å². The summed E-state index contributed by atoms with van der Waals surface area (Å²) in [5.41, 5.74) is 0. The lowest BCUT2D eigenvalue weighted by Gasteiger charge is -2.04. The van der Waals surface area contributed by atoms with Crippen LogP contribution in [-0.2, 0) is 17.9 Å². The maximum absolute atomic E-state index is 5.65. The van der Waals surface area contributed by atoms with Crippen molar-refractivity contribution in [1.29, 1.82) is 0 Å². The van der Waals surface area contributed by atoms with Crippen LogP contribution in [0.5, 0.6) is 0 Å². The van der Waals surface area contributed by atoms with Gasteiger partial charge < -0.3 is 14.5 Å². The van der Waals surface area contributed by atoms with Crippen LogP contribution in [0.15, 0.2) is 16.5 Å². The summed E-state index contributed by atoms with van der Waals surface area (Å²) in [5, 5.41) is 3.31. The summed E-state index contributed by atoms with van der Waals surface area (Å²) in [6.45, 7) is 9.79. The summed E-state index contributed by atoms with van der Waals surface area (Å²) in [6.07, 6.45) is 2.25. The van der Waals surface area contributed by atoms with Gasteiger partial charge in [0.25, 0.3) is 0 Å². The minimum Gasteiger partial charge on any atom is -0.462 e. The summed E-state index contributed by atoms with van der Waals surface area (Å²) < 4.78 is 11.2. The van der Waals surface area contributed by atoms with Crippen molar-refractivity contribution < 1.29 is 9.15 Å². The average Bonchev–Trinajstić information content (AvgIpc) is 2.73. The second-order valence-electron chi connectivity index (χ2n) is 4.78. The fourth-order valence-electron chi connectivity index (χ4n) is 1.48. The van der Waals surface area contributed by atoms with Gasteiger partial charge in [0.05, 0.1) is 6.54 Å². The lowest BCUT2D eigenvalue weighted by atomic mass is 10.1. The zero-order chi connectivity index (χ0) is 12.5. The smallest absolute Gasteiger partial charge is 0.129 e. The van der Waals surface area contributed by atoms with Gasteiger partial charge in [-0.15, -0.1) is 0 Å². The van der Waals surface area contributed by atoms with Crippen molar-refractivity contribution in [2.75, 3.05) is 13.2 Å². The molecule has 3 nitrogen and oxygen atoms in total. The molecule has 0 atom stereocenters. The Labute approximate surface area is 105 Å². The third kappa shape index (κ3) is 6.49. The van der Waals surface area contributed by atoms with Crippen LogP contribution in [-0.4, -0.2) is 13.2 Å². The Morgan fingerprint density at radius 1 is 1.29 bits per heavy atom. The van der Waals surface area contributed by atoms with E-state index in [1.165, 1.54) is 0 Å². The summed E-state index contributed by atoms with van der Waals surface area (Å²) in [4.78, 5) is 0. The third-order valence-corrected chi connectivity index (χ3v) is 2.53. The normalized spacial score (nSPS) is 11.3. The molecule has 0 spiro atoms. The van der Waals surface area contributed by atoms with Crippen molar-refractivity contribution in [3.8, 4) is 0 Å². The molecule has 0 aromatic carbocycles. The molecule has 1 rings (SSSR count). The van der Waals surface area contributed by atoms with Crippen molar-refractivity contribution in [2.24, 2.45) is 5.92 Å². The number of rotatable bonds is 9. The summed E-state index contributed by atoms with van der Waals surface area (Å²) >= 11 is 0. The number of furan rings is 1. The maximum atomic E-state index is 5.65.